The Kier molecular flexibility index (Phi) is 3.87. The van der Waals surface area contributed by atoms with Crippen LogP contribution in [-0.2, 0) is 0 Å². The van der Waals surface area contributed by atoms with E-state index in [-0.39, 0.29) is 16.1 Å². The van der Waals surface area contributed by atoms with E-state index in [1.54, 1.807) is 6.07 Å². The Hall–Kier alpha value is -2.58. The maximum absolute atomic E-state index is 13.3. The Balaban J connectivity index is 2.28. The zero-order chi connectivity index (χ0) is 14.7. The van der Waals surface area contributed by atoms with E-state index in [0.717, 1.165) is 6.07 Å². The SMILES string of the molecule is N#Cc1cc(N)ccc1NC(=O)c1ccc(Cl)c(F)c1. The fourth-order valence-corrected chi connectivity index (χ4v) is 1.71. The molecule has 0 radical (unpaired) electrons. The van der Waals surface area contributed by atoms with Gasteiger partial charge in [0.15, 0.2) is 0 Å². The molecule has 1 amide bonds. The number of nitrogens with one attached hydrogen (secondary N) is 1. The molecule has 0 heterocycles. The Morgan fingerprint density at radius 2 is 2.05 bits per heavy atom. The third-order valence-electron chi connectivity index (χ3n) is 2.59. The van der Waals surface area contributed by atoms with Gasteiger partial charge < -0.3 is 11.1 Å². The van der Waals surface area contributed by atoms with Gasteiger partial charge in [-0.2, -0.15) is 5.26 Å². The van der Waals surface area contributed by atoms with Crippen LogP contribution in [0.25, 0.3) is 0 Å². The fraction of sp³-hybridized carbons (Fsp3) is 0. The predicted octanol–water partition coefficient (Wildman–Crippen LogP) is 3.19. The van der Waals surface area contributed by atoms with Crippen LogP contribution in [0.5, 0.6) is 0 Å². The molecule has 0 aromatic heterocycles. The first kappa shape index (κ1) is 13.8. The van der Waals surface area contributed by atoms with Gasteiger partial charge in [-0.15, -0.1) is 0 Å². The summed E-state index contributed by atoms with van der Waals surface area (Å²) in [7, 11) is 0. The van der Waals surface area contributed by atoms with Crippen LogP contribution in [0.3, 0.4) is 0 Å². The van der Waals surface area contributed by atoms with Crippen LogP contribution >= 0.6 is 11.6 Å². The standard InChI is InChI=1S/C14H9ClFN3O/c15-11-3-1-8(6-12(11)16)14(20)19-13-4-2-10(18)5-9(13)7-17/h1-6H,18H2,(H,19,20). The Bertz CT molecular complexity index is 725. The van der Waals surface area contributed by atoms with Crippen LogP contribution in [0.2, 0.25) is 5.02 Å². The van der Waals surface area contributed by atoms with Gasteiger partial charge in [0.2, 0.25) is 0 Å². The molecule has 20 heavy (non-hydrogen) atoms. The largest absolute Gasteiger partial charge is 0.399 e. The number of anilines is 2. The number of halogens is 2. The van der Waals surface area contributed by atoms with E-state index in [0.29, 0.717) is 11.4 Å². The van der Waals surface area contributed by atoms with Crippen LogP contribution in [0, 0.1) is 17.1 Å². The third-order valence-corrected chi connectivity index (χ3v) is 2.90. The summed E-state index contributed by atoms with van der Waals surface area (Å²) >= 11 is 5.55. The average Bonchev–Trinajstić information content (AvgIpc) is 2.43. The number of nitrogens with zero attached hydrogens (tertiary/aromatic N) is 1. The topological polar surface area (TPSA) is 78.9 Å². The van der Waals surface area contributed by atoms with Crippen molar-refractivity contribution in [1.82, 2.24) is 0 Å². The van der Waals surface area contributed by atoms with E-state index < -0.39 is 11.7 Å². The molecule has 0 bridgehead atoms. The number of carbonyl (C=O) groups is 1. The molecule has 0 aliphatic heterocycles. The molecule has 2 aromatic rings. The highest BCUT2D eigenvalue weighted by atomic mass is 35.5. The number of carbonyl (C=O) groups excluding carboxylic acids is 1. The number of hydrogen-bond acceptors (Lipinski definition) is 3. The number of amides is 1. The number of nitrogen functional groups attached to an aromatic ring is 1. The van der Waals surface area contributed by atoms with E-state index in [4.69, 9.17) is 22.6 Å². The lowest BCUT2D eigenvalue weighted by Crippen LogP contribution is -2.13. The van der Waals surface area contributed by atoms with Gasteiger partial charge in [-0.05, 0) is 36.4 Å². The van der Waals surface area contributed by atoms with E-state index in [9.17, 15) is 9.18 Å². The lowest BCUT2D eigenvalue weighted by Gasteiger charge is -2.08. The molecule has 6 heteroatoms. The minimum absolute atomic E-state index is 0.0632. The minimum Gasteiger partial charge on any atom is -0.399 e. The van der Waals surface area contributed by atoms with Crippen molar-refractivity contribution in [2.75, 3.05) is 11.1 Å². The molecule has 100 valence electrons. The van der Waals surface area contributed by atoms with Crippen LogP contribution in [0.1, 0.15) is 15.9 Å². The Morgan fingerprint density at radius 1 is 1.30 bits per heavy atom. The maximum Gasteiger partial charge on any atom is 0.255 e. The highest BCUT2D eigenvalue weighted by Gasteiger charge is 2.11. The monoisotopic (exact) mass is 289 g/mol. The van der Waals surface area contributed by atoms with Crippen molar-refractivity contribution >= 4 is 28.9 Å². The molecule has 0 fully saturated rings. The molecule has 0 aliphatic rings. The van der Waals surface area contributed by atoms with E-state index >= 15 is 0 Å². The first-order valence-electron chi connectivity index (χ1n) is 5.57. The summed E-state index contributed by atoms with van der Waals surface area (Å²) in [4.78, 5) is 12.0. The molecule has 0 aliphatic carbocycles. The van der Waals surface area contributed by atoms with Gasteiger partial charge in [-0.3, -0.25) is 4.79 Å². The maximum atomic E-state index is 13.3. The highest BCUT2D eigenvalue weighted by molar-refractivity contribution is 6.30. The van der Waals surface area contributed by atoms with E-state index in [2.05, 4.69) is 5.32 Å². The lowest BCUT2D eigenvalue weighted by molar-refractivity contribution is 0.102. The second kappa shape index (κ2) is 5.59. The van der Waals surface area contributed by atoms with Gasteiger partial charge in [-0.25, -0.2) is 4.39 Å². The summed E-state index contributed by atoms with van der Waals surface area (Å²) in [5, 5.41) is 11.4. The molecule has 0 saturated heterocycles. The molecule has 2 aromatic carbocycles. The number of nitrogens with two attached hydrogens (primary N) is 1. The summed E-state index contributed by atoms with van der Waals surface area (Å²) in [6, 6.07) is 10.1. The fourth-order valence-electron chi connectivity index (χ4n) is 1.60. The van der Waals surface area contributed by atoms with Crippen molar-refractivity contribution < 1.29 is 9.18 Å². The van der Waals surface area contributed by atoms with Crippen molar-refractivity contribution in [1.29, 1.82) is 5.26 Å². The zero-order valence-electron chi connectivity index (χ0n) is 10.2. The molecule has 0 atom stereocenters. The number of rotatable bonds is 2. The predicted molar refractivity (Wildman–Crippen MR) is 74.9 cm³/mol. The zero-order valence-corrected chi connectivity index (χ0v) is 10.9. The third kappa shape index (κ3) is 2.87. The quantitative estimate of drug-likeness (QED) is 0.833. The molecule has 2 rings (SSSR count). The highest BCUT2D eigenvalue weighted by Crippen LogP contribution is 2.20. The van der Waals surface area contributed by atoms with Crippen LogP contribution in [0.4, 0.5) is 15.8 Å². The van der Waals surface area contributed by atoms with E-state index in [1.165, 1.54) is 24.3 Å². The van der Waals surface area contributed by atoms with Crippen molar-refractivity contribution in [2.45, 2.75) is 0 Å². The number of benzene rings is 2. The molecular formula is C14H9ClFN3O. The molecule has 0 saturated carbocycles. The first-order chi connectivity index (χ1) is 9.51. The normalized spacial score (nSPS) is 9.85. The second-order valence-electron chi connectivity index (χ2n) is 4.00. The van der Waals surface area contributed by atoms with Crippen molar-refractivity contribution in [2.24, 2.45) is 0 Å². The van der Waals surface area contributed by atoms with Gasteiger partial charge in [0.05, 0.1) is 16.3 Å². The van der Waals surface area contributed by atoms with Crippen molar-refractivity contribution in [3.05, 3.63) is 58.4 Å². The van der Waals surface area contributed by atoms with Gasteiger partial charge >= 0.3 is 0 Å². The summed E-state index contributed by atoms with van der Waals surface area (Å²) in [5.41, 5.74) is 6.61. The van der Waals surface area contributed by atoms with Crippen LogP contribution in [-0.4, -0.2) is 5.91 Å². The minimum atomic E-state index is -0.683. The van der Waals surface area contributed by atoms with Crippen molar-refractivity contribution in [3.8, 4) is 6.07 Å². The molecule has 3 N–H and O–H groups in total. The van der Waals surface area contributed by atoms with Gasteiger partial charge in [0, 0.05) is 11.3 Å². The molecule has 4 nitrogen and oxygen atoms in total. The van der Waals surface area contributed by atoms with Gasteiger partial charge in [0.1, 0.15) is 11.9 Å². The van der Waals surface area contributed by atoms with Crippen LogP contribution < -0.4 is 11.1 Å². The average molecular weight is 290 g/mol. The Labute approximate surface area is 119 Å². The summed E-state index contributed by atoms with van der Waals surface area (Å²) in [6.45, 7) is 0. The molecular weight excluding hydrogens is 281 g/mol. The lowest BCUT2D eigenvalue weighted by atomic mass is 10.1. The molecule has 0 unspecified atom stereocenters. The Morgan fingerprint density at radius 3 is 2.70 bits per heavy atom. The smallest absolute Gasteiger partial charge is 0.255 e. The van der Waals surface area contributed by atoms with Gasteiger partial charge in [0.25, 0.3) is 5.91 Å². The van der Waals surface area contributed by atoms with Crippen LogP contribution in [0.15, 0.2) is 36.4 Å². The summed E-state index contributed by atoms with van der Waals surface area (Å²) < 4.78 is 13.3. The summed E-state index contributed by atoms with van der Waals surface area (Å²) in [5.74, 6) is -1.22. The van der Waals surface area contributed by atoms with Crippen molar-refractivity contribution in [3.63, 3.8) is 0 Å². The van der Waals surface area contributed by atoms with E-state index in [1.807, 2.05) is 6.07 Å². The number of hydrogen-bond donors (Lipinski definition) is 2. The first-order valence-corrected chi connectivity index (χ1v) is 5.95. The summed E-state index contributed by atoms with van der Waals surface area (Å²) in [6.07, 6.45) is 0. The second-order valence-corrected chi connectivity index (χ2v) is 4.41. The number of nitriles is 1. The van der Waals surface area contributed by atoms with Gasteiger partial charge in [-0.1, -0.05) is 11.6 Å². The molecule has 0 spiro atoms.